The van der Waals surface area contributed by atoms with E-state index in [1.807, 2.05) is 60.7 Å². The second kappa shape index (κ2) is 12.6. The Morgan fingerprint density at radius 3 is 2.33 bits per heavy atom. The van der Waals surface area contributed by atoms with Gasteiger partial charge in [0.05, 0.1) is 43.6 Å². The van der Waals surface area contributed by atoms with Gasteiger partial charge in [-0.3, -0.25) is 10.1 Å². The van der Waals surface area contributed by atoms with Crippen LogP contribution in [0, 0.1) is 11.3 Å². The molecule has 7 rings (SSSR count). The second-order valence-electron chi connectivity index (χ2n) is 13.1. The fourth-order valence-electron chi connectivity index (χ4n) is 6.51. The predicted octanol–water partition coefficient (Wildman–Crippen LogP) is 7.19. The number of carbonyl (C=O) groups is 1. The second-order valence-corrected chi connectivity index (χ2v) is 13.1. The monoisotopic (exact) mass is 655 g/mol. The zero-order valence-corrected chi connectivity index (χ0v) is 28.3. The van der Waals surface area contributed by atoms with Crippen molar-refractivity contribution >= 4 is 45.4 Å². The van der Waals surface area contributed by atoms with E-state index in [1.54, 1.807) is 38.3 Å². The minimum atomic E-state index is -0.308. The van der Waals surface area contributed by atoms with E-state index in [0.717, 1.165) is 50.8 Å². The number of nitrogens with one attached hydrogen (secondary N) is 1. The van der Waals surface area contributed by atoms with Gasteiger partial charge in [0.1, 0.15) is 5.52 Å². The molecule has 6 aromatic rings. The third-order valence-electron chi connectivity index (χ3n) is 9.13. The highest BCUT2D eigenvalue weighted by molar-refractivity contribution is 6.14. The number of methoxy groups -OCH3 is 3. The summed E-state index contributed by atoms with van der Waals surface area (Å²) < 4.78 is 18.5. The van der Waals surface area contributed by atoms with Crippen LogP contribution in [0.15, 0.2) is 72.9 Å². The molecule has 3 heterocycles. The number of para-hydroxylation sites is 2. The summed E-state index contributed by atoms with van der Waals surface area (Å²) in [6.45, 7) is 6.71. The minimum Gasteiger partial charge on any atom is -0.493 e. The molecule has 0 spiro atoms. The van der Waals surface area contributed by atoms with Crippen LogP contribution in [0.4, 0.5) is 5.95 Å². The minimum absolute atomic E-state index is 0.0521. The predicted molar refractivity (Wildman–Crippen MR) is 189 cm³/mol. The van der Waals surface area contributed by atoms with Gasteiger partial charge in [-0.2, -0.15) is 9.67 Å². The summed E-state index contributed by atoms with van der Waals surface area (Å²) in [7, 11) is 4.79. The van der Waals surface area contributed by atoms with E-state index in [2.05, 4.69) is 52.4 Å². The van der Waals surface area contributed by atoms with Crippen molar-refractivity contribution < 1.29 is 19.0 Å². The van der Waals surface area contributed by atoms with Gasteiger partial charge < -0.3 is 14.2 Å². The van der Waals surface area contributed by atoms with E-state index in [0.29, 0.717) is 35.1 Å². The van der Waals surface area contributed by atoms with Crippen molar-refractivity contribution in [3.8, 4) is 23.1 Å². The molecule has 0 bridgehead atoms. The third kappa shape index (κ3) is 5.92. The van der Waals surface area contributed by atoms with E-state index in [1.165, 1.54) is 0 Å². The van der Waals surface area contributed by atoms with Crippen molar-refractivity contribution in [1.82, 2.24) is 29.9 Å². The number of anilines is 1. The first-order valence-corrected chi connectivity index (χ1v) is 16.1. The summed E-state index contributed by atoms with van der Waals surface area (Å²) in [6, 6.07) is 20.9. The molecule has 0 fully saturated rings. The number of allylic oxidation sites excluding steroid dienone is 1. The molecule has 11 heteroatoms. The molecule has 1 atom stereocenters. The lowest BCUT2D eigenvalue weighted by molar-refractivity contribution is 0.102. The summed E-state index contributed by atoms with van der Waals surface area (Å²) in [6.07, 6.45) is 5.16. The smallest absolute Gasteiger partial charge is 0.259 e. The van der Waals surface area contributed by atoms with Gasteiger partial charge in [-0.1, -0.05) is 56.3 Å². The van der Waals surface area contributed by atoms with E-state index in [-0.39, 0.29) is 23.2 Å². The third-order valence-corrected chi connectivity index (χ3v) is 9.13. The molecule has 3 aromatic carbocycles. The highest BCUT2D eigenvalue weighted by atomic mass is 16.5. The molecule has 1 aliphatic carbocycles. The van der Waals surface area contributed by atoms with E-state index in [4.69, 9.17) is 19.2 Å². The molecule has 1 amide bonds. The SMILES string of the molecule is COc1cc(/C=C2/CC(C(C)(C)C)Cc3c2nc2ccccc2c3C(=O)Nc2nccc(-n3nnc4ccccc43)n2)cc(OC)c1OC. The maximum atomic E-state index is 14.4. The first-order valence-electron chi connectivity index (χ1n) is 16.1. The van der Waals surface area contributed by atoms with E-state index >= 15 is 0 Å². The molecule has 1 unspecified atom stereocenters. The normalized spacial score (nSPS) is 15.3. The van der Waals surface area contributed by atoms with Crippen LogP contribution in [0.3, 0.4) is 0 Å². The van der Waals surface area contributed by atoms with Crippen molar-refractivity contribution in [3.05, 3.63) is 95.3 Å². The number of carbonyl (C=O) groups excluding carboxylic acids is 1. The number of fused-ring (bicyclic) bond motifs is 3. The highest BCUT2D eigenvalue weighted by Gasteiger charge is 2.35. The quantitative estimate of drug-likeness (QED) is 0.190. The lowest BCUT2D eigenvalue weighted by atomic mass is 9.69. The number of rotatable bonds is 7. The van der Waals surface area contributed by atoms with Crippen molar-refractivity contribution in [2.24, 2.45) is 11.3 Å². The number of nitrogens with zero attached hydrogens (tertiary/aromatic N) is 6. The van der Waals surface area contributed by atoms with Gasteiger partial charge in [0.25, 0.3) is 5.91 Å². The number of ether oxygens (including phenoxy) is 3. The summed E-state index contributed by atoms with van der Waals surface area (Å²) in [5, 5.41) is 12.3. The summed E-state index contributed by atoms with van der Waals surface area (Å²) in [4.78, 5) is 28.7. The Kier molecular flexibility index (Phi) is 8.19. The van der Waals surface area contributed by atoms with Gasteiger partial charge in [0, 0.05) is 17.6 Å². The van der Waals surface area contributed by atoms with Crippen LogP contribution in [0.2, 0.25) is 0 Å². The first kappa shape index (κ1) is 31.7. The van der Waals surface area contributed by atoms with Crippen LogP contribution in [0.25, 0.3) is 39.4 Å². The lowest BCUT2D eigenvalue weighted by Crippen LogP contribution is -2.29. The van der Waals surface area contributed by atoms with Crippen molar-refractivity contribution in [1.29, 1.82) is 0 Å². The Morgan fingerprint density at radius 1 is 0.898 bits per heavy atom. The van der Waals surface area contributed by atoms with Crippen LogP contribution in [0.5, 0.6) is 17.2 Å². The van der Waals surface area contributed by atoms with Crippen LogP contribution < -0.4 is 19.5 Å². The molecule has 0 saturated heterocycles. The van der Waals surface area contributed by atoms with Crippen LogP contribution >= 0.6 is 0 Å². The first-order chi connectivity index (χ1) is 23.7. The molecular weight excluding hydrogens is 618 g/mol. The fourth-order valence-corrected chi connectivity index (χ4v) is 6.51. The zero-order valence-electron chi connectivity index (χ0n) is 28.3. The molecule has 49 heavy (non-hydrogen) atoms. The van der Waals surface area contributed by atoms with Gasteiger partial charge in [0.2, 0.25) is 11.7 Å². The fraction of sp³-hybridized carbons (Fsp3) is 0.263. The number of pyridine rings is 1. The maximum Gasteiger partial charge on any atom is 0.259 e. The summed E-state index contributed by atoms with van der Waals surface area (Å²) in [5.41, 5.74) is 6.34. The van der Waals surface area contributed by atoms with Crippen molar-refractivity contribution in [2.45, 2.75) is 33.6 Å². The molecular formula is C38H37N7O4. The Bertz CT molecular complexity index is 2230. The van der Waals surface area contributed by atoms with Gasteiger partial charge in [-0.15, -0.1) is 5.10 Å². The van der Waals surface area contributed by atoms with Crippen molar-refractivity contribution in [2.75, 3.05) is 26.6 Å². The highest BCUT2D eigenvalue weighted by Crippen LogP contribution is 2.46. The van der Waals surface area contributed by atoms with E-state index < -0.39 is 0 Å². The van der Waals surface area contributed by atoms with Crippen LogP contribution in [-0.4, -0.2) is 57.2 Å². The molecule has 0 saturated carbocycles. The Balaban J connectivity index is 1.35. The number of aromatic nitrogens is 6. The standard InChI is InChI=1S/C38H37N7O4/c1-38(2,3)24-20-23(17-22-18-30(47-4)35(49-6)31(19-22)48-5)34-26(21-24)33(25-11-7-8-12-27(25)40-34)36(46)42-37-39-16-15-32(41-37)45-29-14-10-9-13-28(29)43-44-45/h7-19,24H,20-21H2,1-6H3,(H,39,41,42,46)/b23-17-. The summed E-state index contributed by atoms with van der Waals surface area (Å²) >= 11 is 0. The molecule has 1 N–H and O–H groups in total. The van der Waals surface area contributed by atoms with Gasteiger partial charge in [-0.25, -0.2) is 9.97 Å². The number of hydrogen-bond donors (Lipinski definition) is 1. The summed E-state index contributed by atoms with van der Waals surface area (Å²) in [5.74, 6) is 2.21. The number of benzene rings is 3. The van der Waals surface area contributed by atoms with Gasteiger partial charge in [0.15, 0.2) is 17.3 Å². The van der Waals surface area contributed by atoms with Crippen LogP contribution in [-0.2, 0) is 6.42 Å². The van der Waals surface area contributed by atoms with Gasteiger partial charge in [-0.05, 0) is 77.3 Å². The lowest BCUT2D eigenvalue weighted by Gasteiger charge is -2.37. The molecule has 3 aromatic heterocycles. The van der Waals surface area contributed by atoms with Crippen molar-refractivity contribution in [3.63, 3.8) is 0 Å². The average molecular weight is 656 g/mol. The Hall–Kier alpha value is -5.84. The Morgan fingerprint density at radius 2 is 1.61 bits per heavy atom. The van der Waals surface area contributed by atoms with Gasteiger partial charge >= 0.3 is 0 Å². The molecule has 1 aliphatic rings. The zero-order chi connectivity index (χ0) is 34.3. The molecule has 0 aliphatic heterocycles. The Labute approximate surface area is 284 Å². The average Bonchev–Trinajstić information content (AvgIpc) is 3.54. The van der Waals surface area contributed by atoms with Crippen LogP contribution in [0.1, 0.15) is 54.4 Å². The molecule has 248 valence electrons. The molecule has 0 radical (unpaired) electrons. The largest absolute Gasteiger partial charge is 0.493 e. The number of hydrogen-bond acceptors (Lipinski definition) is 9. The van der Waals surface area contributed by atoms with E-state index in [9.17, 15) is 4.79 Å². The maximum absolute atomic E-state index is 14.4. The number of amides is 1. The molecule has 11 nitrogen and oxygen atoms in total. The topological polar surface area (TPSA) is 126 Å².